The van der Waals surface area contributed by atoms with Crippen LogP contribution in [-0.4, -0.2) is 46.6 Å². The molecule has 0 radical (unpaired) electrons. The van der Waals surface area contributed by atoms with E-state index in [0.29, 0.717) is 10.8 Å². The molecule has 0 bridgehead atoms. The van der Waals surface area contributed by atoms with Crippen LogP contribution in [0.25, 0.3) is 0 Å². The van der Waals surface area contributed by atoms with Crippen LogP contribution in [-0.2, 0) is 0 Å². The Hall–Kier alpha value is -1.44. The number of rotatable bonds is 1. The Balaban J connectivity index is 2.26. The summed E-state index contributed by atoms with van der Waals surface area (Å²) in [5, 5.41) is 9.27. The molecule has 0 spiro atoms. The SMILES string of the molecule is Cc1c(C#CCO)cccc1C(=O)N1CCSC(C)C1. The van der Waals surface area contributed by atoms with Gasteiger partial charge in [-0.2, -0.15) is 11.8 Å². The van der Waals surface area contributed by atoms with Crippen molar-refractivity contribution in [3.63, 3.8) is 0 Å². The molecule has 0 aliphatic carbocycles. The van der Waals surface area contributed by atoms with Crippen molar-refractivity contribution < 1.29 is 9.90 Å². The number of aliphatic hydroxyl groups is 1. The van der Waals surface area contributed by atoms with Gasteiger partial charge >= 0.3 is 0 Å². The largest absolute Gasteiger partial charge is 0.384 e. The molecule has 1 aromatic rings. The van der Waals surface area contributed by atoms with E-state index in [1.165, 1.54) is 0 Å². The molecule has 3 nitrogen and oxygen atoms in total. The zero-order chi connectivity index (χ0) is 14.5. The first kappa shape index (κ1) is 15.0. The van der Waals surface area contributed by atoms with E-state index in [9.17, 15) is 4.79 Å². The number of hydrogen-bond acceptors (Lipinski definition) is 3. The maximum absolute atomic E-state index is 12.6. The van der Waals surface area contributed by atoms with Crippen molar-refractivity contribution in [2.45, 2.75) is 19.1 Å². The lowest BCUT2D eigenvalue weighted by Gasteiger charge is -2.31. The highest BCUT2D eigenvalue weighted by Crippen LogP contribution is 2.21. The van der Waals surface area contributed by atoms with Crippen LogP contribution in [0.2, 0.25) is 0 Å². The third kappa shape index (κ3) is 3.36. The van der Waals surface area contributed by atoms with Crippen LogP contribution in [0.4, 0.5) is 0 Å². The summed E-state index contributed by atoms with van der Waals surface area (Å²) in [5.74, 6) is 6.61. The summed E-state index contributed by atoms with van der Waals surface area (Å²) < 4.78 is 0. The predicted molar refractivity (Wildman–Crippen MR) is 83.0 cm³/mol. The summed E-state index contributed by atoms with van der Waals surface area (Å²) in [6, 6.07) is 5.58. The molecule has 1 aliphatic heterocycles. The van der Waals surface area contributed by atoms with Gasteiger partial charge in [-0.05, 0) is 24.6 Å². The quantitative estimate of drug-likeness (QED) is 0.803. The van der Waals surface area contributed by atoms with Crippen molar-refractivity contribution in [1.29, 1.82) is 0 Å². The summed E-state index contributed by atoms with van der Waals surface area (Å²) >= 11 is 1.91. The fourth-order valence-corrected chi connectivity index (χ4v) is 3.32. The van der Waals surface area contributed by atoms with Crippen molar-refractivity contribution in [2.75, 3.05) is 25.4 Å². The van der Waals surface area contributed by atoms with E-state index in [4.69, 9.17) is 5.11 Å². The first-order valence-corrected chi connectivity index (χ1v) is 7.78. The highest BCUT2D eigenvalue weighted by atomic mass is 32.2. The minimum Gasteiger partial charge on any atom is -0.384 e. The van der Waals surface area contributed by atoms with E-state index in [2.05, 4.69) is 18.8 Å². The van der Waals surface area contributed by atoms with Gasteiger partial charge in [-0.1, -0.05) is 24.8 Å². The lowest BCUT2D eigenvalue weighted by atomic mass is 10.0. The Morgan fingerprint density at radius 1 is 1.55 bits per heavy atom. The number of hydrogen-bond donors (Lipinski definition) is 1. The molecule has 1 amide bonds. The highest BCUT2D eigenvalue weighted by molar-refractivity contribution is 7.99. The fraction of sp³-hybridized carbons (Fsp3) is 0.438. The molecule has 1 unspecified atom stereocenters. The Morgan fingerprint density at radius 2 is 2.35 bits per heavy atom. The lowest BCUT2D eigenvalue weighted by molar-refractivity contribution is 0.0762. The van der Waals surface area contributed by atoms with Crippen molar-refractivity contribution in [3.05, 3.63) is 34.9 Å². The molecule has 1 N–H and O–H groups in total. The third-order valence-corrected chi connectivity index (χ3v) is 4.53. The van der Waals surface area contributed by atoms with E-state index in [1.54, 1.807) is 0 Å². The topological polar surface area (TPSA) is 40.5 Å². The summed E-state index contributed by atoms with van der Waals surface area (Å²) in [4.78, 5) is 14.5. The number of carbonyl (C=O) groups is 1. The summed E-state index contributed by atoms with van der Waals surface area (Å²) in [6.45, 7) is 5.50. The second-order valence-corrected chi connectivity index (χ2v) is 6.42. The number of benzene rings is 1. The summed E-state index contributed by atoms with van der Waals surface area (Å²) in [7, 11) is 0. The number of aliphatic hydroxyl groups excluding tert-OH is 1. The zero-order valence-electron chi connectivity index (χ0n) is 11.8. The van der Waals surface area contributed by atoms with E-state index in [1.807, 2.05) is 41.8 Å². The summed E-state index contributed by atoms with van der Waals surface area (Å²) in [6.07, 6.45) is 0. The molecule has 4 heteroatoms. The van der Waals surface area contributed by atoms with Gasteiger partial charge in [-0.3, -0.25) is 4.79 Å². The number of amides is 1. The van der Waals surface area contributed by atoms with Gasteiger partial charge in [0, 0.05) is 35.2 Å². The monoisotopic (exact) mass is 289 g/mol. The summed E-state index contributed by atoms with van der Waals surface area (Å²) in [5.41, 5.74) is 2.42. The zero-order valence-corrected chi connectivity index (χ0v) is 12.7. The van der Waals surface area contributed by atoms with Crippen molar-refractivity contribution in [3.8, 4) is 11.8 Å². The smallest absolute Gasteiger partial charge is 0.254 e. The van der Waals surface area contributed by atoms with Gasteiger partial charge in [0.15, 0.2) is 0 Å². The van der Waals surface area contributed by atoms with E-state index >= 15 is 0 Å². The molecular weight excluding hydrogens is 270 g/mol. The molecule has 1 aliphatic rings. The van der Waals surface area contributed by atoms with E-state index in [-0.39, 0.29) is 12.5 Å². The second-order valence-electron chi connectivity index (χ2n) is 4.87. The molecule has 1 atom stereocenters. The predicted octanol–water partition coefficient (Wildman–Crippen LogP) is 1.92. The molecule has 0 aromatic heterocycles. The Kier molecular flexibility index (Phi) is 5.11. The normalized spacial score (nSPS) is 18.4. The van der Waals surface area contributed by atoms with Crippen LogP contribution >= 0.6 is 11.8 Å². The van der Waals surface area contributed by atoms with Crippen molar-refractivity contribution in [1.82, 2.24) is 4.90 Å². The Labute approximate surface area is 124 Å². The van der Waals surface area contributed by atoms with Crippen LogP contribution in [0.1, 0.15) is 28.4 Å². The standard InChI is InChI=1S/C16H19NO2S/c1-12-11-17(8-10-20-12)16(19)15-7-3-5-14(13(15)2)6-4-9-18/h3,5,7,12,18H,8-11H2,1-2H3. The minimum atomic E-state index is -0.168. The first-order valence-electron chi connectivity index (χ1n) is 6.73. The molecule has 0 saturated carbocycles. The number of nitrogens with zero attached hydrogens (tertiary/aromatic N) is 1. The molecule has 2 rings (SSSR count). The molecule has 1 aromatic carbocycles. The maximum atomic E-state index is 12.6. The maximum Gasteiger partial charge on any atom is 0.254 e. The van der Waals surface area contributed by atoms with Crippen molar-refractivity contribution in [2.24, 2.45) is 0 Å². The number of thioether (sulfide) groups is 1. The Bertz CT molecular complexity index is 559. The third-order valence-electron chi connectivity index (χ3n) is 3.39. The molecular formula is C16H19NO2S. The van der Waals surface area contributed by atoms with E-state index in [0.717, 1.165) is 30.0 Å². The van der Waals surface area contributed by atoms with Crippen LogP contribution in [0, 0.1) is 18.8 Å². The van der Waals surface area contributed by atoms with Crippen LogP contribution in [0.5, 0.6) is 0 Å². The van der Waals surface area contributed by atoms with Gasteiger partial charge in [0.05, 0.1) is 0 Å². The molecule has 1 heterocycles. The number of carbonyl (C=O) groups excluding carboxylic acids is 1. The van der Waals surface area contributed by atoms with Gasteiger partial charge in [0.2, 0.25) is 0 Å². The molecule has 20 heavy (non-hydrogen) atoms. The average Bonchev–Trinajstić information content (AvgIpc) is 2.45. The van der Waals surface area contributed by atoms with Gasteiger partial charge < -0.3 is 10.0 Å². The molecule has 106 valence electrons. The van der Waals surface area contributed by atoms with Crippen molar-refractivity contribution >= 4 is 17.7 Å². The van der Waals surface area contributed by atoms with Gasteiger partial charge in [-0.15, -0.1) is 0 Å². The lowest BCUT2D eigenvalue weighted by Crippen LogP contribution is -2.41. The fourth-order valence-electron chi connectivity index (χ4n) is 2.31. The first-order chi connectivity index (χ1) is 9.63. The molecule has 1 fully saturated rings. The minimum absolute atomic E-state index is 0.0855. The second kappa shape index (κ2) is 6.83. The molecule has 1 saturated heterocycles. The van der Waals surface area contributed by atoms with Crippen LogP contribution in [0.3, 0.4) is 0 Å². The van der Waals surface area contributed by atoms with Crippen LogP contribution < -0.4 is 0 Å². The average molecular weight is 289 g/mol. The Morgan fingerprint density at radius 3 is 3.05 bits per heavy atom. The van der Waals surface area contributed by atoms with Crippen LogP contribution in [0.15, 0.2) is 18.2 Å². The highest BCUT2D eigenvalue weighted by Gasteiger charge is 2.23. The van der Waals surface area contributed by atoms with Gasteiger partial charge in [0.1, 0.15) is 6.61 Å². The van der Waals surface area contributed by atoms with Gasteiger partial charge in [0.25, 0.3) is 5.91 Å². The van der Waals surface area contributed by atoms with Gasteiger partial charge in [-0.25, -0.2) is 0 Å². The van der Waals surface area contributed by atoms with E-state index < -0.39 is 0 Å².